The third-order valence-electron chi connectivity index (χ3n) is 5.14. The Kier molecular flexibility index (Phi) is 6.04. The number of nitrogens with two attached hydrogens (primary N) is 1. The molecule has 0 spiro atoms. The largest absolute Gasteiger partial charge is 0.365 e. The number of hydrogen-bond donors (Lipinski definition) is 3. The minimum Gasteiger partial charge on any atom is -0.365 e. The summed E-state index contributed by atoms with van der Waals surface area (Å²) < 4.78 is 2.02. The highest BCUT2D eigenvalue weighted by atomic mass is 32.1. The van der Waals surface area contributed by atoms with Crippen molar-refractivity contribution in [3.63, 3.8) is 0 Å². The fourth-order valence-electron chi connectivity index (χ4n) is 3.59. The monoisotopic (exact) mass is 447 g/mol. The summed E-state index contributed by atoms with van der Waals surface area (Å²) in [4.78, 5) is 18.9. The summed E-state index contributed by atoms with van der Waals surface area (Å²) in [6, 6.07) is 13.7. The lowest BCUT2D eigenvalue weighted by Gasteiger charge is -2.22. The summed E-state index contributed by atoms with van der Waals surface area (Å²) in [5, 5.41) is 8.67. The van der Waals surface area contributed by atoms with Crippen LogP contribution in [0.3, 0.4) is 0 Å². The van der Waals surface area contributed by atoms with Crippen LogP contribution < -0.4 is 16.4 Å². The first-order valence-corrected chi connectivity index (χ1v) is 11.5. The number of carbonyl (C=O) groups excluding carboxylic acids is 1. The van der Waals surface area contributed by atoms with Crippen LogP contribution in [0.2, 0.25) is 0 Å². The van der Waals surface area contributed by atoms with E-state index in [2.05, 4.69) is 49.8 Å². The molecule has 1 aromatic carbocycles. The molecule has 166 valence electrons. The van der Waals surface area contributed by atoms with E-state index in [1.807, 2.05) is 47.0 Å². The van der Waals surface area contributed by atoms with Crippen molar-refractivity contribution in [3.05, 3.63) is 76.3 Å². The van der Waals surface area contributed by atoms with Gasteiger partial charge in [-0.2, -0.15) is 0 Å². The van der Waals surface area contributed by atoms with Crippen LogP contribution in [0.1, 0.15) is 47.8 Å². The van der Waals surface area contributed by atoms with Crippen molar-refractivity contribution < 1.29 is 4.79 Å². The van der Waals surface area contributed by atoms with Crippen LogP contribution >= 0.6 is 11.3 Å². The Bertz CT molecular complexity index is 1270. The molecular formula is C25H29N5OS. The minimum atomic E-state index is -0.135. The van der Waals surface area contributed by atoms with Gasteiger partial charge in [0.2, 0.25) is 0 Å². The molecule has 0 aliphatic rings. The van der Waals surface area contributed by atoms with Gasteiger partial charge in [0.1, 0.15) is 17.2 Å². The van der Waals surface area contributed by atoms with Crippen molar-refractivity contribution in [3.8, 4) is 10.6 Å². The topological polar surface area (TPSA) is 84.5 Å². The maximum absolute atomic E-state index is 12.8. The van der Waals surface area contributed by atoms with Crippen LogP contribution in [0.5, 0.6) is 0 Å². The van der Waals surface area contributed by atoms with E-state index in [0.29, 0.717) is 18.7 Å². The molecule has 4 aromatic rings. The van der Waals surface area contributed by atoms with Crippen molar-refractivity contribution >= 4 is 28.7 Å². The summed E-state index contributed by atoms with van der Waals surface area (Å²) >= 11 is 1.67. The van der Waals surface area contributed by atoms with Crippen molar-refractivity contribution in [2.45, 2.75) is 46.3 Å². The zero-order valence-electron chi connectivity index (χ0n) is 18.9. The molecule has 4 N–H and O–H groups in total. The molecular weight excluding hydrogens is 418 g/mol. The predicted molar refractivity (Wildman–Crippen MR) is 132 cm³/mol. The molecule has 32 heavy (non-hydrogen) atoms. The highest BCUT2D eigenvalue weighted by molar-refractivity contribution is 7.13. The number of aryl methyl sites for hydroxylation is 1. The number of carbonyl (C=O) groups is 1. The number of benzene rings is 1. The van der Waals surface area contributed by atoms with E-state index in [0.717, 1.165) is 33.2 Å². The Balaban J connectivity index is 1.64. The Morgan fingerprint density at radius 3 is 2.62 bits per heavy atom. The van der Waals surface area contributed by atoms with Gasteiger partial charge in [0, 0.05) is 30.4 Å². The lowest BCUT2D eigenvalue weighted by atomic mass is 10.1. The van der Waals surface area contributed by atoms with Gasteiger partial charge < -0.3 is 16.4 Å². The molecule has 1 amide bonds. The average Bonchev–Trinajstić information content (AvgIpc) is 3.33. The maximum Gasteiger partial charge on any atom is 0.251 e. The number of thiophene rings is 1. The summed E-state index contributed by atoms with van der Waals surface area (Å²) in [5.74, 6) is 0.802. The fraction of sp³-hybridized carbons (Fsp3) is 0.280. The quantitative estimate of drug-likeness (QED) is 0.390. The second-order valence-electron chi connectivity index (χ2n) is 8.97. The molecule has 0 aliphatic carbocycles. The van der Waals surface area contributed by atoms with Gasteiger partial charge in [-0.25, -0.2) is 4.98 Å². The van der Waals surface area contributed by atoms with Crippen molar-refractivity contribution in [2.75, 3.05) is 5.32 Å². The SMILES string of the molecule is Cc1ccsc1-c1nc2cc(C(=O)NCc3cccc(CN)c3)ccn2c1NC(C)(C)C. The Labute approximate surface area is 192 Å². The zero-order chi connectivity index (χ0) is 22.9. The van der Waals surface area contributed by atoms with Crippen LogP contribution in [0.4, 0.5) is 5.82 Å². The van der Waals surface area contributed by atoms with Crippen LogP contribution in [-0.4, -0.2) is 20.8 Å². The van der Waals surface area contributed by atoms with Crippen LogP contribution in [-0.2, 0) is 13.1 Å². The average molecular weight is 448 g/mol. The Morgan fingerprint density at radius 1 is 1.16 bits per heavy atom. The number of nitrogens with zero attached hydrogens (tertiary/aromatic N) is 2. The van der Waals surface area contributed by atoms with Crippen molar-refractivity contribution in [1.82, 2.24) is 14.7 Å². The first-order chi connectivity index (χ1) is 15.2. The molecule has 0 aliphatic heterocycles. The molecule has 0 saturated carbocycles. The highest BCUT2D eigenvalue weighted by Gasteiger charge is 2.21. The molecule has 0 saturated heterocycles. The first-order valence-electron chi connectivity index (χ1n) is 10.7. The fourth-order valence-corrected chi connectivity index (χ4v) is 4.50. The number of fused-ring (bicyclic) bond motifs is 1. The minimum absolute atomic E-state index is 0.132. The standard InChI is InChI=1S/C25H29N5OS/c1-16-9-11-32-22(16)21-23(29-25(2,3)4)30-10-8-19(13-20(30)28-21)24(31)27-15-18-7-5-6-17(12-18)14-26/h5-13,29H,14-15,26H2,1-4H3,(H,27,31). The number of imidazole rings is 1. The lowest BCUT2D eigenvalue weighted by Crippen LogP contribution is -2.27. The molecule has 4 rings (SSSR count). The van der Waals surface area contributed by atoms with E-state index < -0.39 is 0 Å². The first kappa shape index (κ1) is 22.0. The third-order valence-corrected chi connectivity index (χ3v) is 6.16. The van der Waals surface area contributed by atoms with Gasteiger partial charge >= 0.3 is 0 Å². The van der Waals surface area contributed by atoms with Crippen molar-refractivity contribution in [2.24, 2.45) is 5.73 Å². The molecule has 0 fully saturated rings. The van der Waals surface area contributed by atoms with Gasteiger partial charge in [0.05, 0.1) is 4.88 Å². The second kappa shape index (κ2) is 8.76. The Morgan fingerprint density at radius 2 is 1.94 bits per heavy atom. The lowest BCUT2D eigenvalue weighted by molar-refractivity contribution is 0.0951. The van der Waals surface area contributed by atoms with E-state index >= 15 is 0 Å². The number of aromatic nitrogens is 2. The molecule has 0 bridgehead atoms. The van der Waals surface area contributed by atoms with Gasteiger partial charge in [-0.15, -0.1) is 11.3 Å². The normalized spacial score (nSPS) is 11.7. The van der Waals surface area contributed by atoms with Gasteiger partial charge in [-0.1, -0.05) is 24.3 Å². The number of anilines is 1. The molecule has 0 atom stereocenters. The molecule has 7 heteroatoms. The van der Waals surface area contributed by atoms with E-state index in [1.165, 1.54) is 5.56 Å². The van der Waals surface area contributed by atoms with E-state index in [9.17, 15) is 4.79 Å². The summed E-state index contributed by atoms with van der Waals surface area (Å²) in [5.41, 5.74) is 11.1. The second-order valence-corrected chi connectivity index (χ2v) is 9.88. The number of rotatable bonds is 6. The van der Waals surface area contributed by atoms with Crippen LogP contribution in [0.15, 0.2) is 54.0 Å². The van der Waals surface area contributed by atoms with Crippen LogP contribution in [0, 0.1) is 6.92 Å². The third kappa shape index (κ3) is 4.69. The van der Waals surface area contributed by atoms with Crippen LogP contribution in [0.25, 0.3) is 16.2 Å². The van der Waals surface area contributed by atoms with Gasteiger partial charge in [0.25, 0.3) is 5.91 Å². The summed E-state index contributed by atoms with van der Waals surface area (Å²) in [7, 11) is 0. The van der Waals surface area contributed by atoms with Gasteiger partial charge in [0.15, 0.2) is 0 Å². The van der Waals surface area contributed by atoms with Crippen molar-refractivity contribution in [1.29, 1.82) is 0 Å². The van der Waals surface area contributed by atoms with E-state index in [1.54, 1.807) is 11.3 Å². The molecule has 3 heterocycles. The molecule has 3 aromatic heterocycles. The predicted octanol–water partition coefficient (Wildman–Crippen LogP) is 4.97. The maximum atomic E-state index is 12.8. The highest BCUT2D eigenvalue weighted by Crippen LogP contribution is 2.36. The Hall–Kier alpha value is -3.16. The molecule has 0 radical (unpaired) electrons. The number of hydrogen-bond acceptors (Lipinski definition) is 5. The number of amides is 1. The smallest absolute Gasteiger partial charge is 0.251 e. The van der Waals surface area contributed by atoms with E-state index in [4.69, 9.17) is 10.7 Å². The molecule has 6 nitrogen and oxygen atoms in total. The molecule has 0 unspecified atom stereocenters. The van der Waals surface area contributed by atoms with Gasteiger partial charge in [-0.3, -0.25) is 9.20 Å². The number of pyridine rings is 1. The summed E-state index contributed by atoms with van der Waals surface area (Å²) in [6.45, 7) is 9.39. The summed E-state index contributed by atoms with van der Waals surface area (Å²) in [6.07, 6.45) is 1.91. The number of nitrogens with one attached hydrogen (secondary N) is 2. The zero-order valence-corrected chi connectivity index (χ0v) is 19.7. The van der Waals surface area contributed by atoms with E-state index in [-0.39, 0.29) is 11.4 Å². The van der Waals surface area contributed by atoms with Gasteiger partial charge in [-0.05, 0) is 68.0 Å².